The Morgan fingerprint density at radius 3 is 1.50 bits per heavy atom. The monoisotopic (exact) mass is 242 g/mol. The highest BCUT2D eigenvalue weighted by molar-refractivity contribution is 8.76. The molecule has 14 heavy (non-hydrogen) atoms. The van der Waals surface area contributed by atoms with Crippen LogP contribution in [0.1, 0.15) is 0 Å². The van der Waals surface area contributed by atoms with Crippen molar-refractivity contribution in [1.82, 2.24) is 0 Å². The van der Waals surface area contributed by atoms with Crippen LogP contribution < -0.4 is 11.5 Å². The van der Waals surface area contributed by atoms with E-state index in [1.807, 2.05) is 0 Å². The SMILES string of the molecule is N[C@@H]([13CH2]SS[13CH2][C@H](N)C(=O)O)C(=O)O. The first-order valence-electron chi connectivity index (χ1n) is 3.66. The van der Waals surface area contributed by atoms with E-state index in [0.717, 1.165) is 0 Å². The van der Waals surface area contributed by atoms with E-state index in [2.05, 4.69) is 0 Å². The summed E-state index contributed by atoms with van der Waals surface area (Å²) in [6.07, 6.45) is 0. The van der Waals surface area contributed by atoms with Gasteiger partial charge < -0.3 is 21.7 Å². The van der Waals surface area contributed by atoms with Gasteiger partial charge in [-0.1, -0.05) is 21.6 Å². The van der Waals surface area contributed by atoms with Gasteiger partial charge in [-0.3, -0.25) is 9.59 Å². The van der Waals surface area contributed by atoms with E-state index < -0.39 is 24.0 Å². The molecule has 2 atom stereocenters. The van der Waals surface area contributed by atoms with Gasteiger partial charge in [-0.25, -0.2) is 0 Å². The molecule has 0 aromatic rings. The van der Waals surface area contributed by atoms with Crippen LogP contribution in [-0.4, -0.2) is 45.7 Å². The van der Waals surface area contributed by atoms with E-state index >= 15 is 0 Å². The predicted octanol–water partition coefficient (Wildman–Crippen LogP) is -0.808. The van der Waals surface area contributed by atoms with E-state index in [4.69, 9.17) is 21.7 Å². The molecule has 82 valence electrons. The first-order valence-corrected chi connectivity index (χ1v) is 6.15. The molecule has 6 nitrogen and oxygen atoms in total. The fourth-order valence-corrected chi connectivity index (χ4v) is 2.61. The molecule has 0 fully saturated rings. The van der Waals surface area contributed by atoms with Crippen molar-refractivity contribution in [3.05, 3.63) is 0 Å². The number of carboxylic acids is 2. The third-order valence-corrected chi connectivity index (χ3v) is 3.69. The Balaban J connectivity index is 3.47. The molecule has 6 N–H and O–H groups in total. The molecule has 0 radical (unpaired) electrons. The average Bonchev–Trinajstić information content (AvgIpc) is 2.11. The molecule has 0 bridgehead atoms. The Kier molecular flexibility index (Phi) is 6.71. The summed E-state index contributed by atoms with van der Waals surface area (Å²) >= 11 is 0. The van der Waals surface area contributed by atoms with Gasteiger partial charge in [-0.2, -0.15) is 0 Å². The number of aliphatic carboxylic acids is 2. The molecular formula is C6H12N2O4S2. The second kappa shape index (κ2) is 6.93. The third-order valence-electron chi connectivity index (χ3n) is 1.21. The van der Waals surface area contributed by atoms with Crippen LogP contribution in [0.25, 0.3) is 0 Å². The molecule has 0 spiro atoms. The van der Waals surface area contributed by atoms with Gasteiger partial charge in [-0.15, -0.1) is 0 Å². The molecule has 0 aliphatic rings. The smallest absolute Gasteiger partial charge is 0.321 e. The van der Waals surface area contributed by atoms with Crippen LogP contribution in [-0.2, 0) is 9.59 Å². The Bertz CT molecular complexity index is 192. The summed E-state index contributed by atoms with van der Waals surface area (Å²) < 4.78 is 0. The summed E-state index contributed by atoms with van der Waals surface area (Å²) in [4.78, 5) is 20.5. The van der Waals surface area contributed by atoms with E-state index in [1.54, 1.807) is 0 Å². The van der Waals surface area contributed by atoms with E-state index in [9.17, 15) is 9.59 Å². The minimum Gasteiger partial charge on any atom is -0.480 e. The zero-order valence-corrected chi connectivity index (χ0v) is 8.88. The van der Waals surface area contributed by atoms with Gasteiger partial charge in [0.2, 0.25) is 0 Å². The first kappa shape index (κ1) is 13.6. The van der Waals surface area contributed by atoms with Gasteiger partial charge in [0.05, 0.1) is 0 Å². The highest BCUT2D eigenvalue weighted by Crippen LogP contribution is 2.22. The van der Waals surface area contributed by atoms with Crippen molar-refractivity contribution in [2.45, 2.75) is 12.1 Å². The molecule has 0 heterocycles. The number of carbonyl (C=O) groups is 2. The maximum Gasteiger partial charge on any atom is 0.321 e. The minimum absolute atomic E-state index is 0.229. The van der Waals surface area contributed by atoms with Gasteiger partial charge in [0, 0.05) is 11.5 Å². The molecule has 0 saturated heterocycles. The largest absolute Gasteiger partial charge is 0.480 e. The quantitative estimate of drug-likeness (QED) is 0.259. The van der Waals surface area contributed by atoms with Crippen molar-refractivity contribution in [1.29, 1.82) is 0 Å². The molecule has 0 rings (SSSR count). The fourth-order valence-electron chi connectivity index (χ4n) is 0.385. The summed E-state index contributed by atoms with van der Waals surface area (Å²) in [5, 5.41) is 16.8. The highest BCUT2D eigenvalue weighted by Gasteiger charge is 2.14. The van der Waals surface area contributed by atoms with Crippen LogP contribution in [0.3, 0.4) is 0 Å². The van der Waals surface area contributed by atoms with E-state index in [0.29, 0.717) is 0 Å². The number of carboxylic acid groups (broad SMARTS) is 2. The fraction of sp³-hybridized carbons (Fsp3) is 0.667. The van der Waals surface area contributed by atoms with Crippen LogP contribution in [0.15, 0.2) is 0 Å². The maximum absolute atomic E-state index is 10.3. The van der Waals surface area contributed by atoms with Crippen LogP contribution in [0.4, 0.5) is 0 Å². The zero-order valence-electron chi connectivity index (χ0n) is 7.25. The second-order valence-corrected chi connectivity index (χ2v) is 5.01. The molecule has 0 aromatic carbocycles. The lowest BCUT2D eigenvalue weighted by Crippen LogP contribution is -2.33. The molecular weight excluding hydrogens is 230 g/mol. The van der Waals surface area contributed by atoms with E-state index in [-0.39, 0.29) is 11.5 Å². The normalized spacial score (nSPS) is 14.7. The second-order valence-electron chi connectivity index (χ2n) is 2.46. The zero-order chi connectivity index (χ0) is 11.1. The molecule has 0 saturated carbocycles. The molecule has 8 heteroatoms. The standard InChI is InChI=1S/C6H12N2O4S2/c7-3(5(9)10)1-13-14-2-4(8)6(11)12/h3-4H,1-2,7-8H2,(H,9,10)(H,11,12)/t3-,4-/m0/s1/i1+1,2+1. The van der Waals surface area contributed by atoms with Crippen molar-refractivity contribution in [2.24, 2.45) is 11.5 Å². The van der Waals surface area contributed by atoms with Gasteiger partial charge in [0.15, 0.2) is 0 Å². The number of nitrogens with two attached hydrogens (primary N) is 2. The molecule has 0 aliphatic carbocycles. The van der Waals surface area contributed by atoms with Gasteiger partial charge >= 0.3 is 11.9 Å². The van der Waals surface area contributed by atoms with Gasteiger partial charge in [-0.05, 0) is 0 Å². The number of hydrogen-bond acceptors (Lipinski definition) is 6. The summed E-state index contributed by atoms with van der Waals surface area (Å²) in [5.74, 6) is -1.68. The average molecular weight is 242 g/mol. The van der Waals surface area contributed by atoms with Crippen molar-refractivity contribution >= 4 is 33.5 Å². The lowest BCUT2D eigenvalue weighted by molar-refractivity contribution is -0.138. The topological polar surface area (TPSA) is 127 Å². The van der Waals surface area contributed by atoms with Crippen LogP contribution >= 0.6 is 21.6 Å². The number of hydrogen-bond donors (Lipinski definition) is 4. The van der Waals surface area contributed by atoms with Crippen LogP contribution in [0.5, 0.6) is 0 Å². The van der Waals surface area contributed by atoms with E-state index in [1.165, 1.54) is 21.6 Å². The van der Waals surface area contributed by atoms with Crippen molar-refractivity contribution in [2.75, 3.05) is 11.5 Å². The molecule has 0 aromatic heterocycles. The van der Waals surface area contributed by atoms with Crippen LogP contribution in [0, 0.1) is 0 Å². The summed E-state index contributed by atoms with van der Waals surface area (Å²) in [6, 6.07) is -1.85. The molecule has 0 aliphatic heterocycles. The summed E-state index contributed by atoms with van der Waals surface area (Å²) in [7, 11) is 2.41. The maximum atomic E-state index is 10.3. The van der Waals surface area contributed by atoms with Crippen molar-refractivity contribution < 1.29 is 19.8 Å². The lowest BCUT2D eigenvalue weighted by atomic mass is 10.5. The highest BCUT2D eigenvalue weighted by atomic mass is 33.1. The lowest BCUT2D eigenvalue weighted by Gasteiger charge is -2.07. The Morgan fingerprint density at radius 1 is 1.00 bits per heavy atom. The Morgan fingerprint density at radius 2 is 1.29 bits per heavy atom. The third kappa shape index (κ3) is 6.08. The van der Waals surface area contributed by atoms with Crippen molar-refractivity contribution in [3.63, 3.8) is 0 Å². The molecule has 0 unspecified atom stereocenters. The first-order chi connectivity index (χ1) is 6.45. The number of rotatable bonds is 7. The van der Waals surface area contributed by atoms with Crippen LogP contribution in [0.2, 0.25) is 0 Å². The van der Waals surface area contributed by atoms with Gasteiger partial charge in [0.1, 0.15) is 12.1 Å². The Hall–Kier alpha value is -0.440. The summed E-state index contributed by atoms with van der Waals surface area (Å²) in [5.41, 5.74) is 10.4. The minimum atomic E-state index is -1.07. The van der Waals surface area contributed by atoms with Gasteiger partial charge in [0.25, 0.3) is 0 Å². The van der Waals surface area contributed by atoms with Crippen molar-refractivity contribution in [3.8, 4) is 0 Å². The summed E-state index contributed by atoms with van der Waals surface area (Å²) in [6.45, 7) is 0. The predicted molar refractivity (Wildman–Crippen MR) is 56.1 cm³/mol. The molecule has 0 amide bonds. The Labute approximate surface area is 88.8 Å².